The van der Waals surface area contributed by atoms with Gasteiger partial charge >= 0.3 is 0 Å². The number of nitrogens with zero attached hydrogens (tertiary/aromatic N) is 1. The Morgan fingerprint density at radius 3 is 2.24 bits per heavy atom. The van der Waals surface area contributed by atoms with Crippen LogP contribution in [-0.4, -0.2) is 23.3 Å². The van der Waals surface area contributed by atoms with Crippen molar-refractivity contribution in [1.29, 1.82) is 0 Å². The standard InChI is InChI=1S/C27H25F3N2O2/c1-17(18-2-4-19(5-3-18)23-11-10-22(29)14-24(23)30)32-13-12-27(15-25(31)33,16-26(32)34)20-6-8-21(28)9-7-20/h2-11,14,17H,12-13,15-16H2,1H3,(H2,31,33)/t17-,27+/m1/s1. The zero-order valence-electron chi connectivity index (χ0n) is 18.7. The fourth-order valence-electron chi connectivity index (χ4n) is 4.83. The molecule has 4 nitrogen and oxygen atoms in total. The van der Waals surface area contributed by atoms with E-state index in [1.54, 1.807) is 29.2 Å². The summed E-state index contributed by atoms with van der Waals surface area (Å²) in [6.45, 7) is 2.31. The van der Waals surface area contributed by atoms with E-state index in [-0.39, 0.29) is 30.6 Å². The number of benzene rings is 3. The van der Waals surface area contributed by atoms with E-state index in [1.165, 1.54) is 24.3 Å². The second-order valence-corrected chi connectivity index (χ2v) is 8.87. The number of rotatable bonds is 6. The summed E-state index contributed by atoms with van der Waals surface area (Å²) >= 11 is 0. The van der Waals surface area contributed by atoms with Crippen molar-refractivity contribution in [2.24, 2.45) is 5.73 Å². The van der Waals surface area contributed by atoms with Crippen LogP contribution in [-0.2, 0) is 15.0 Å². The molecule has 3 aromatic carbocycles. The van der Waals surface area contributed by atoms with Gasteiger partial charge in [-0.05, 0) is 54.3 Å². The van der Waals surface area contributed by atoms with Crippen molar-refractivity contribution in [2.45, 2.75) is 37.6 Å². The molecule has 0 aliphatic carbocycles. The third-order valence-corrected chi connectivity index (χ3v) is 6.71. The predicted octanol–water partition coefficient (Wildman–Crippen LogP) is 5.27. The van der Waals surface area contributed by atoms with Crippen LogP contribution in [0.1, 0.15) is 43.4 Å². The fourth-order valence-corrected chi connectivity index (χ4v) is 4.83. The molecule has 2 atom stereocenters. The van der Waals surface area contributed by atoms with Crippen LogP contribution in [0.4, 0.5) is 13.2 Å². The number of primary amides is 1. The second-order valence-electron chi connectivity index (χ2n) is 8.87. The predicted molar refractivity (Wildman–Crippen MR) is 123 cm³/mol. The molecule has 0 saturated carbocycles. The van der Waals surface area contributed by atoms with Crippen molar-refractivity contribution in [3.8, 4) is 11.1 Å². The molecule has 0 unspecified atom stereocenters. The van der Waals surface area contributed by atoms with Gasteiger partial charge in [0, 0.05) is 36.4 Å². The minimum Gasteiger partial charge on any atom is -0.370 e. The van der Waals surface area contributed by atoms with E-state index >= 15 is 0 Å². The van der Waals surface area contributed by atoms with Gasteiger partial charge < -0.3 is 10.6 Å². The molecule has 0 spiro atoms. The second kappa shape index (κ2) is 9.33. The fraction of sp³-hybridized carbons (Fsp3) is 0.259. The van der Waals surface area contributed by atoms with Gasteiger partial charge in [0.1, 0.15) is 17.5 Å². The SMILES string of the molecule is C[C@H](c1ccc(-c2ccc(F)cc2F)cc1)N1CC[C@@](CC(N)=O)(c2ccc(F)cc2)CC1=O. The number of piperidine rings is 1. The minimum atomic E-state index is -0.767. The van der Waals surface area contributed by atoms with Crippen LogP contribution in [0.15, 0.2) is 66.7 Å². The molecule has 7 heteroatoms. The lowest BCUT2D eigenvalue weighted by atomic mass is 9.69. The molecular weight excluding hydrogens is 441 g/mol. The van der Waals surface area contributed by atoms with Crippen molar-refractivity contribution in [3.63, 3.8) is 0 Å². The zero-order chi connectivity index (χ0) is 24.5. The van der Waals surface area contributed by atoms with E-state index in [9.17, 15) is 22.8 Å². The van der Waals surface area contributed by atoms with Crippen molar-refractivity contribution < 1.29 is 22.8 Å². The van der Waals surface area contributed by atoms with Gasteiger partial charge in [0.2, 0.25) is 11.8 Å². The van der Waals surface area contributed by atoms with Crippen molar-refractivity contribution >= 4 is 11.8 Å². The van der Waals surface area contributed by atoms with Crippen LogP contribution in [0.25, 0.3) is 11.1 Å². The molecule has 2 amide bonds. The molecule has 1 saturated heterocycles. The van der Waals surface area contributed by atoms with Gasteiger partial charge in [0.05, 0.1) is 6.04 Å². The van der Waals surface area contributed by atoms with E-state index < -0.39 is 23.0 Å². The summed E-state index contributed by atoms with van der Waals surface area (Å²) in [5.41, 5.74) is 7.22. The Bertz CT molecular complexity index is 1210. The first kappa shape index (κ1) is 23.5. The molecule has 0 aromatic heterocycles. The highest BCUT2D eigenvalue weighted by Crippen LogP contribution is 2.41. The molecule has 1 aliphatic rings. The molecule has 4 rings (SSSR count). The number of carbonyl (C=O) groups excluding carboxylic acids is 2. The summed E-state index contributed by atoms with van der Waals surface area (Å²) in [7, 11) is 0. The molecule has 0 bridgehead atoms. The lowest BCUT2D eigenvalue weighted by molar-refractivity contribution is -0.139. The smallest absolute Gasteiger partial charge is 0.223 e. The topological polar surface area (TPSA) is 63.4 Å². The van der Waals surface area contributed by atoms with Crippen molar-refractivity contribution in [3.05, 3.63) is 95.3 Å². The molecule has 1 aliphatic heterocycles. The number of hydrogen-bond acceptors (Lipinski definition) is 2. The van der Waals surface area contributed by atoms with Crippen LogP contribution in [0.2, 0.25) is 0 Å². The summed E-state index contributed by atoms with van der Waals surface area (Å²) in [4.78, 5) is 26.8. The van der Waals surface area contributed by atoms with Gasteiger partial charge in [-0.25, -0.2) is 13.2 Å². The molecule has 176 valence electrons. The largest absolute Gasteiger partial charge is 0.370 e. The van der Waals surface area contributed by atoms with Crippen LogP contribution >= 0.6 is 0 Å². The number of nitrogens with two attached hydrogens (primary N) is 1. The third kappa shape index (κ3) is 4.69. The minimum absolute atomic E-state index is 0.00449. The molecule has 1 heterocycles. The number of likely N-dealkylation sites (tertiary alicyclic amines) is 1. The Morgan fingerprint density at radius 2 is 1.65 bits per heavy atom. The van der Waals surface area contributed by atoms with Crippen molar-refractivity contribution in [2.75, 3.05) is 6.54 Å². The first-order valence-electron chi connectivity index (χ1n) is 11.1. The number of hydrogen-bond donors (Lipinski definition) is 1. The van der Waals surface area contributed by atoms with Gasteiger partial charge in [-0.3, -0.25) is 9.59 Å². The highest BCUT2D eigenvalue weighted by molar-refractivity contribution is 5.82. The van der Waals surface area contributed by atoms with E-state index in [1.807, 2.05) is 19.1 Å². The van der Waals surface area contributed by atoms with Gasteiger partial charge in [0.15, 0.2) is 0 Å². The summed E-state index contributed by atoms with van der Waals surface area (Å²) in [6, 6.07) is 16.2. The number of amides is 2. The average Bonchev–Trinajstić information content (AvgIpc) is 2.79. The van der Waals surface area contributed by atoms with E-state index in [2.05, 4.69) is 0 Å². The van der Waals surface area contributed by atoms with Gasteiger partial charge in [-0.1, -0.05) is 36.4 Å². The van der Waals surface area contributed by atoms with Crippen LogP contribution in [0.3, 0.4) is 0 Å². The summed E-state index contributed by atoms with van der Waals surface area (Å²) in [6.07, 6.45) is 0.603. The summed E-state index contributed by atoms with van der Waals surface area (Å²) < 4.78 is 40.8. The quantitative estimate of drug-likeness (QED) is 0.538. The maximum Gasteiger partial charge on any atom is 0.223 e. The van der Waals surface area contributed by atoms with E-state index in [4.69, 9.17) is 5.73 Å². The van der Waals surface area contributed by atoms with Gasteiger partial charge in [-0.15, -0.1) is 0 Å². The monoisotopic (exact) mass is 466 g/mol. The Balaban J connectivity index is 1.54. The Morgan fingerprint density at radius 1 is 1.00 bits per heavy atom. The van der Waals surface area contributed by atoms with E-state index in [0.29, 0.717) is 24.1 Å². The Labute approximate surface area is 196 Å². The molecule has 1 fully saturated rings. The lowest BCUT2D eigenvalue weighted by Crippen LogP contribution is -2.48. The molecule has 34 heavy (non-hydrogen) atoms. The van der Waals surface area contributed by atoms with Crippen LogP contribution < -0.4 is 5.73 Å². The van der Waals surface area contributed by atoms with Gasteiger partial charge in [-0.2, -0.15) is 0 Å². The van der Waals surface area contributed by atoms with Gasteiger partial charge in [0.25, 0.3) is 0 Å². The normalized spacial score (nSPS) is 19.2. The average molecular weight is 467 g/mol. The lowest BCUT2D eigenvalue weighted by Gasteiger charge is -2.43. The van der Waals surface area contributed by atoms with Crippen LogP contribution in [0, 0.1) is 17.5 Å². The Hall–Kier alpha value is -3.61. The number of halogens is 3. The molecule has 3 aromatic rings. The number of carbonyl (C=O) groups is 2. The molecular formula is C27H25F3N2O2. The first-order valence-corrected chi connectivity index (χ1v) is 11.1. The van der Waals surface area contributed by atoms with Crippen molar-refractivity contribution in [1.82, 2.24) is 4.90 Å². The summed E-state index contributed by atoms with van der Waals surface area (Å²) in [5, 5.41) is 0. The highest BCUT2D eigenvalue weighted by Gasteiger charge is 2.42. The maximum atomic E-state index is 14.1. The highest BCUT2D eigenvalue weighted by atomic mass is 19.1. The maximum absolute atomic E-state index is 14.1. The zero-order valence-corrected chi connectivity index (χ0v) is 18.7. The van der Waals surface area contributed by atoms with E-state index in [0.717, 1.165) is 17.2 Å². The van der Waals surface area contributed by atoms with Crippen LogP contribution in [0.5, 0.6) is 0 Å². The first-order chi connectivity index (χ1) is 16.2. The third-order valence-electron chi connectivity index (χ3n) is 6.71. The molecule has 2 N–H and O–H groups in total. The summed E-state index contributed by atoms with van der Waals surface area (Å²) in [5.74, 6) is -2.30. The Kier molecular flexibility index (Phi) is 6.46. The molecule has 0 radical (unpaired) electrons.